The summed E-state index contributed by atoms with van der Waals surface area (Å²) in [6.07, 6.45) is 5.08. The van der Waals surface area contributed by atoms with Crippen LogP contribution < -0.4 is 4.74 Å². The second-order valence-electron chi connectivity index (χ2n) is 6.55. The van der Waals surface area contributed by atoms with Crippen molar-refractivity contribution in [2.45, 2.75) is 32.3 Å². The lowest BCUT2D eigenvalue weighted by Gasteiger charge is -2.12. The molecule has 2 aromatic rings. The molecule has 1 atom stereocenters. The number of carbonyl (C=O) groups is 2. The third-order valence-electron chi connectivity index (χ3n) is 4.66. The number of hydrogen-bond acceptors (Lipinski definition) is 5. The minimum absolute atomic E-state index is 0.0193. The standard InChI is InChI=1S/C22H22O5/c1-14(22(25)18-9-8-16-4-3-5-17(16)13-18)27-21(24)11-7-15-6-10-19(23)20(12-15)26-2/h6-14,23H,3-5H2,1-2H3/b11-7+/t14-/m0/s1. The Morgan fingerprint density at radius 1 is 1.11 bits per heavy atom. The summed E-state index contributed by atoms with van der Waals surface area (Å²) in [5.74, 6) is -0.488. The average molecular weight is 366 g/mol. The first-order valence-electron chi connectivity index (χ1n) is 8.89. The third kappa shape index (κ3) is 4.37. The van der Waals surface area contributed by atoms with Crippen LogP contribution in [-0.2, 0) is 22.4 Å². The molecule has 140 valence electrons. The van der Waals surface area contributed by atoms with E-state index in [4.69, 9.17) is 9.47 Å². The molecule has 0 aliphatic heterocycles. The number of aryl methyl sites for hydroxylation is 2. The van der Waals surface area contributed by atoms with E-state index in [9.17, 15) is 14.7 Å². The number of phenolic OH excluding ortho intramolecular Hbond substituents is 1. The van der Waals surface area contributed by atoms with Crippen molar-refractivity contribution in [3.8, 4) is 11.5 Å². The predicted molar refractivity (Wildman–Crippen MR) is 102 cm³/mol. The lowest BCUT2D eigenvalue weighted by molar-refractivity contribution is -0.140. The van der Waals surface area contributed by atoms with Crippen LogP contribution in [0.25, 0.3) is 6.08 Å². The Morgan fingerprint density at radius 2 is 1.89 bits per heavy atom. The van der Waals surface area contributed by atoms with Gasteiger partial charge in [-0.05, 0) is 67.2 Å². The van der Waals surface area contributed by atoms with Gasteiger partial charge in [0.05, 0.1) is 7.11 Å². The molecule has 0 bridgehead atoms. The average Bonchev–Trinajstić information content (AvgIpc) is 3.14. The Morgan fingerprint density at radius 3 is 2.67 bits per heavy atom. The molecule has 0 heterocycles. The molecule has 0 unspecified atom stereocenters. The van der Waals surface area contributed by atoms with Gasteiger partial charge in [-0.2, -0.15) is 0 Å². The lowest BCUT2D eigenvalue weighted by atomic mass is 10.0. The highest BCUT2D eigenvalue weighted by Crippen LogP contribution is 2.27. The molecular formula is C22H22O5. The monoisotopic (exact) mass is 366 g/mol. The lowest BCUT2D eigenvalue weighted by Crippen LogP contribution is -2.23. The van der Waals surface area contributed by atoms with Gasteiger partial charge < -0.3 is 14.6 Å². The second-order valence-corrected chi connectivity index (χ2v) is 6.55. The normalized spacial score (nSPS) is 14.0. The largest absolute Gasteiger partial charge is 0.504 e. The molecule has 0 aromatic heterocycles. The van der Waals surface area contributed by atoms with Gasteiger partial charge in [0.2, 0.25) is 5.78 Å². The van der Waals surface area contributed by atoms with Crippen LogP contribution in [0.4, 0.5) is 0 Å². The number of phenols is 1. The van der Waals surface area contributed by atoms with Gasteiger partial charge in [0.1, 0.15) is 0 Å². The van der Waals surface area contributed by atoms with E-state index in [-0.39, 0.29) is 11.5 Å². The molecule has 0 radical (unpaired) electrons. The Bertz CT molecular complexity index is 898. The molecule has 3 rings (SSSR count). The zero-order valence-electron chi connectivity index (χ0n) is 15.4. The van der Waals surface area contributed by atoms with Crippen molar-refractivity contribution in [2.75, 3.05) is 7.11 Å². The van der Waals surface area contributed by atoms with Gasteiger partial charge in [-0.1, -0.05) is 18.2 Å². The van der Waals surface area contributed by atoms with Gasteiger partial charge >= 0.3 is 5.97 Å². The number of benzene rings is 2. The molecule has 1 aliphatic rings. The van der Waals surface area contributed by atoms with Gasteiger partial charge in [0, 0.05) is 11.6 Å². The molecule has 2 aromatic carbocycles. The van der Waals surface area contributed by atoms with E-state index in [1.807, 2.05) is 12.1 Å². The number of Topliss-reactive ketones (excluding diaryl/α,β-unsaturated/α-hetero) is 1. The maximum absolute atomic E-state index is 12.5. The van der Waals surface area contributed by atoms with Gasteiger partial charge in [0.15, 0.2) is 17.6 Å². The highest BCUT2D eigenvalue weighted by atomic mass is 16.5. The van der Waals surface area contributed by atoms with E-state index in [0.717, 1.165) is 19.3 Å². The van der Waals surface area contributed by atoms with E-state index in [1.54, 1.807) is 25.1 Å². The Hall–Kier alpha value is -3.08. The molecule has 5 heteroatoms. The van der Waals surface area contributed by atoms with Crippen molar-refractivity contribution in [2.24, 2.45) is 0 Å². The summed E-state index contributed by atoms with van der Waals surface area (Å²) in [6, 6.07) is 10.4. The Balaban J connectivity index is 1.62. The van der Waals surface area contributed by atoms with Crippen molar-refractivity contribution in [3.63, 3.8) is 0 Å². The number of rotatable bonds is 6. The van der Waals surface area contributed by atoms with E-state index in [1.165, 1.54) is 36.5 Å². The van der Waals surface area contributed by atoms with Gasteiger partial charge in [0.25, 0.3) is 0 Å². The summed E-state index contributed by atoms with van der Waals surface area (Å²) in [6.45, 7) is 1.57. The maximum atomic E-state index is 12.5. The molecule has 1 N–H and O–H groups in total. The minimum Gasteiger partial charge on any atom is -0.504 e. The molecule has 0 saturated carbocycles. The SMILES string of the molecule is COc1cc(/C=C/C(=O)O[C@@H](C)C(=O)c2ccc3c(c2)CCC3)ccc1O. The molecule has 0 amide bonds. The number of carbonyl (C=O) groups excluding carboxylic acids is 2. The highest BCUT2D eigenvalue weighted by Gasteiger charge is 2.20. The number of methoxy groups -OCH3 is 1. The topological polar surface area (TPSA) is 72.8 Å². The third-order valence-corrected chi connectivity index (χ3v) is 4.66. The van der Waals surface area contributed by atoms with Gasteiger partial charge in [-0.25, -0.2) is 4.79 Å². The van der Waals surface area contributed by atoms with Gasteiger partial charge in [-0.15, -0.1) is 0 Å². The number of fused-ring (bicyclic) bond motifs is 1. The summed E-state index contributed by atoms with van der Waals surface area (Å²) in [5, 5.41) is 9.58. The van der Waals surface area contributed by atoms with Crippen molar-refractivity contribution < 1.29 is 24.2 Å². The number of hydrogen-bond donors (Lipinski definition) is 1. The van der Waals surface area contributed by atoms with Crippen molar-refractivity contribution >= 4 is 17.8 Å². The van der Waals surface area contributed by atoms with Crippen LogP contribution in [0.3, 0.4) is 0 Å². The molecular weight excluding hydrogens is 344 g/mol. The fourth-order valence-electron chi connectivity index (χ4n) is 3.19. The summed E-state index contributed by atoms with van der Waals surface area (Å²) in [4.78, 5) is 24.6. The second kappa shape index (κ2) is 8.08. The van der Waals surface area contributed by atoms with Crippen LogP contribution >= 0.6 is 0 Å². The maximum Gasteiger partial charge on any atom is 0.331 e. The Kier molecular flexibility index (Phi) is 5.60. The van der Waals surface area contributed by atoms with Crippen LogP contribution in [-0.4, -0.2) is 30.1 Å². The van der Waals surface area contributed by atoms with Crippen molar-refractivity contribution in [3.05, 3.63) is 64.7 Å². The summed E-state index contributed by atoms with van der Waals surface area (Å²) in [5.41, 5.74) is 3.74. The quantitative estimate of drug-likeness (QED) is 0.479. The van der Waals surface area contributed by atoms with Crippen LogP contribution in [0.2, 0.25) is 0 Å². The number of ketones is 1. The smallest absolute Gasteiger partial charge is 0.331 e. The summed E-state index contributed by atoms with van der Waals surface area (Å²) >= 11 is 0. The van der Waals surface area contributed by atoms with E-state index < -0.39 is 12.1 Å². The number of esters is 1. The van der Waals surface area contributed by atoms with Crippen LogP contribution in [0.5, 0.6) is 11.5 Å². The first-order valence-corrected chi connectivity index (χ1v) is 8.89. The van der Waals surface area contributed by atoms with E-state index >= 15 is 0 Å². The molecule has 5 nitrogen and oxygen atoms in total. The first-order chi connectivity index (χ1) is 13.0. The van der Waals surface area contributed by atoms with Crippen LogP contribution in [0.1, 0.15) is 40.4 Å². The molecule has 1 aliphatic carbocycles. The summed E-state index contributed by atoms with van der Waals surface area (Å²) in [7, 11) is 1.45. The Labute approximate surface area is 158 Å². The van der Waals surface area contributed by atoms with Crippen molar-refractivity contribution in [1.82, 2.24) is 0 Å². The number of ether oxygens (including phenoxy) is 2. The summed E-state index contributed by atoms with van der Waals surface area (Å²) < 4.78 is 10.3. The fraction of sp³-hybridized carbons (Fsp3) is 0.273. The zero-order valence-corrected chi connectivity index (χ0v) is 15.4. The highest BCUT2D eigenvalue weighted by molar-refractivity contribution is 6.01. The van der Waals surface area contributed by atoms with Crippen molar-refractivity contribution in [1.29, 1.82) is 0 Å². The van der Waals surface area contributed by atoms with Gasteiger partial charge in [-0.3, -0.25) is 4.79 Å². The van der Waals surface area contributed by atoms with E-state index in [0.29, 0.717) is 16.9 Å². The number of aromatic hydroxyl groups is 1. The molecule has 0 saturated heterocycles. The predicted octanol–water partition coefficient (Wildman–Crippen LogP) is 3.72. The molecule has 0 fully saturated rings. The van der Waals surface area contributed by atoms with Crippen LogP contribution in [0.15, 0.2) is 42.5 Å². The molecule has 0 spiro atoms. The van der Waals surface area contributed by atoms with E-state index in [2.05, 4.69) is 0 Å². The van der Waals surface area contributed by atoms with Crippen LogP contribution in [0, 0.1) is 0 Å². The molecule has 27 heavy (non-hydrogen) atoms. The zero-order chi connectivity index (χ0) is 19.4. The first kappa shape index (κ1) is 18.7. The minimum atomic E-state index is -0.865. The fourth-order valence-corrected chi connectivity index (χ4v) is 3.19.